The monoisotopic (exact) mass is 388 g/mol. The second-order valence-corrected chi connectivity index (χ2v) is 7.03. The minimum absolute atomic E-state index is 0.0517. The molecule has 2 N–H and O–H groups in total. The lowest BCUT2D eigenvalue weighted by Crippen LogP contribution is -2.39. The van der Waals surface area contributed by atoms with Gasteiger partial charge in [-0.15, -0.1) is 0 Å². The summed E-state index contributed by atoms with van der Waals surface area (Å²) < 4.78 is 5.16. The zero-order valence-corrected chi connectivity index (χ0v) is 16.5. The van der Waals surface area contributed by atoms with Crippen molar-refractivity contribution in [3.05, 3.63) is 47.5 Å². The van der Waals surface area contributed by atoms with E-state index in [1.54, 1.807) is 0 Å². The van der Waals surface area contributed by atoms with Crippen LogP contribution in [0.15, 0.2) is 42.0 Å². The van der Waals surface area contributed by atoms with Crippen LogP contribution < -0.4 is 10.6 Å². The van der Waals surface area contributed by atoms with Gasteiger partial charge in [-0.05, 0) is 49.9 Å². The summed E-state index contributed by atoms with van der Waals surface area (Å²) in [4.78, 5) is 23.6. The Balaban J connectivity index is 1.52. The highest BCUT2D eigenvalue weighted by Crippen LogP contribution is 2.19. The third kappa shape index (κ3) is 9.33. The Morgan fingerprint density at radius 1 is 1.07 bits per heavy atom. The molecule has 0 atom stereocenters. The number of thiocarbonyl (C=S) groups is 1. The van der Waals surface area contributed by atoms with Crippen LogP contribution in [0.25, 0.3) is 0 Å². The molecule has 2 rings (SSSR count). The molecule has 1 aliphatic rings. The van der Waals surface area contributed by atoms with Gasteiger partial charge >= 0.3 is 5.97 Å². The standard InChI is InChI=1S/C21H28N2O3S/c24-19(23-21(27)22-15-13-17-7-3-1-4-8-17)11-12-20(25)26-16-14-18-9-5-2-6-10-18/h2,5-7,9-10H,1,3-4,8,11-16H2,(H2,22,23,24,27). The number of carbonyl (C=O) groups is 2. The lowest BCUT2D eigenvalue weighted by molar-refractivity contribution is -0.144. The van der Waals surface area contributed by atoms with Crippen molar-refractivity contribution in [2.75, 3.05) is 13.2 Å². The fraction of sp³-hybridized carbons (Fsp3) is 0.476. The molecular formula is C21H28N2O3S. The Hall–Kier alpha value is -2.21. The van der Waals surface area contributed by atoms with E-state index in [9.17, 15) is 9.59 Å². The van der Waals surface area contributed by atoms with Gasteiger partial charge in [0.25, 0.3) is 0 Å². The lowest BCUT2D eigenvalue weighted by Gasteiger charge is -2.14. The van der Waals surface area contributed by atoms with Crippen LogP contribution in [0.5, 0.6) is 0 Å². The molecule has 0 bridgehead atoms. The van der Waals surface area contributed by atoms with E-state index >= 15 is 0 Å². The first-order valence-electron chi connectivity index (χ1n) is 9.58. The van der Waals surface area contributed by atoms with E-state index in [2.05, 4.69) is 16.7 Å². The molecule has 0 spiro atoms. The second kappa shape index (κ2) is 12.2. The molecule has 0 radical (unpaired) electrons. The molecule has 1 aromatic carbocycles. The van der Waals surface area contributed by atoms with E-state index in [-0.39, 0.29) is 24.7 Å². The minimum Gasteiger partial charge on any atom is -0.465 e. The number of ether oxygens (including phenoxy) is 1. The summed E-state index contributed by atoms with van der Waals surface area (Å²) in [5, 5.41) is 5.97. The Kier molecular flexibility index (Phi) is 9.55. The number of rotatable bonds is 9. The molecule has 0 fully saturated rings. The van der Waals surface area contributed by atoms with Crippen molar-refractivity contribution in [2.24, 2.45) is 0 Å². The predicted octanol–water partition coefficient (Wildman–Crippen LogP) is 3.43. The highest BCUT2D eigenvalue weighted by Gasteiger charge is 2.10. The fourth-order valence-corrected chi connectivity index (χ4v) is 3.13. The number of amides is 1. The number of allylic oxidation sites excluding steroid dienone is 1. The van der Waals surface area contributed by atoms with Gasteiger partial charge in [0, 0.05) is 19.4 Å². The second-order valence-electron chi connectivity index (χ2n) is 6.62. The van der Waals surface area contributed by atoms with Crippen LogP contribution in [0.4, 0.5) is 0 Å². The maximum atomic E-state index is 11.9. The number of esters is 1. The third-order valence-corrected chi connectivity index (χ3v) is 4.67. The van der Waals surface area contributed by atoms with Crippen molar-refractivity contribution in [3.63, 3.8) is 0 Å². The zero-order chi connectivity index (χ0) is 19.3. The van der Waals surface area contributed by atoms with Crippen LogP contribution in [-0.2, 0) is 20.7 Å². The quantitative estimate of drug-likeness (QED) is 0.385. The van der Waals surface area contributed by atoms with E-state index < -0.39 is 0 Å². The number of nitrogens with one attached hydrogen (secondary N) is 2. The number of carbonyl (C=O) groups excluding carboxylic acids is 2. The summed E-state index contributed by atoms with van der Waals surface area (Å²) in [6.45, 7) is 1.03. The zero-order valence-electron chi connectivity index (χ0n) is 15.7. The van der Waals surface area contributed by atoms with Gasteiger partial charge in [0.2, 0.25) is 5.91 Å². The third-order valence-electron chi connectivity index (χ3n) is 4.42. The summed E-state index contributed by atoms with van der Waals surface area (Å²) in [5.74, 6) is -0.645. The van der Waals surface area contributed by atoms with E-state index in [1.807, 2.05) is 30.3 Å². The average Bonchev–Trinajstić information content (AvgIpc) is 2.68. The van der Waals surface area contributed by atoms with Crippen LogP contribution in [0.1, 0.15) is 50.5 Å². The number of benzene rings is 1. The Labute approximate surface area is 166 Å². The fourth-order valence-electron chi connectivity index (χ4n) is 2.92. The molecule has 0 aliphatic heterocycles. The molecule has 146 valence electrons. The topological polar surface area (TPSA) is 67.4 Å². The van der Waals surface area contributed by atoms with Crippen molar-refractivity contribution < 1.29 is 14.3 Å². The number of hydrogen-bond donors (Lipinski definition) is 2. The summed E-state index contributed by atoms with van der Waals surface area (Å²) in [6.07, 6.45) is 8.90. The molecule has 0 unspecified atom stereocenters. The molecular weight excluding hydrogens is 360 g/mol. The van der Waals surface area contributed by atoms with E-state index in [0.717, 1.165) is 24.8 Å². The molecule has 1 aromatic rings. The smallest absolute Gasteiger partial charge is 0.306 e. The van der Waals surface area contributed by atoms with Crippen molar-refractivity contribution in [2.45, 2.75) is 51.4 Å². The van der Waals surface area contributed by atoms with E-state index in [0.29, 0.717) is 24.7 Å². The highest BCUT2D eigenvalue weighted by atomic mass is 32.1. The van der Waals surface area contributed by atoms with Crippen molar-refractivity contribution in [3.8, 4) is 0 Å². The van der Waals surface area contributed by atoms with Gasteiger partial charge in [0.1, 0.15) is 0 Å². The summed E-state index contributed by atoms with van der Waals surface area (Å²) in [5.41, 5.74) is 2.57. The number of hydrogen-bond acceptors (Lipinski definition) is 4. The molecule has 0 heterocycles. The molecule has 1 aliphatic carbocycles. The maximum Gasteiger partial charge on any atom is 0.306 e. The summed E-state index contributed by atoms with van der Waals surface area (Å²) >= 11 is 5.12. The van der Waals surface area contributed by atoms with Crippen LogP contribution >= 0.6 is 12.2 Å². The first kappa shape index (κ1) is 21.1. The van der Waals surface area contributed by atoms with Gasteiger partial charge in [-0.1, -0.05) is 42.0 Å². The first-order chi connectivity index (χ1) is 13.1. The van der Waals surface area contributed by atoms with Gasteiger partial charge < -0.3 is 15.4 Å². The van der Waals surface area contributed by atoms with E-state index in [4.69, 9.17) is 17.0 Å². The molecule has 0 saturated heterocycles. The molecule has 0 aromatic heterocycles. The van der Waals surface area contributed by atoms with Gasteiger partial charge in [-0.25, -0.2) is 0 Å². The normalized spacial score (nSPS) is 13.4. The highest BCUT2D eigenvalue weighted by molar-refractivity contribution is 7.80. The Morgan fingerprint density at radius 2 is 1.89 bits per heavy atom. The van der Waals surface area contributed by atoms with Gasteiger partial charge in [-0.3, -0.25) is 9.59 Å². The molecule has 1 amide bonds. The Bertz CT molecular complexity index is 659. The van der Waals surface area contributed by atoms with Gasteiger partial charge in [-0.2, -0.15) is 0 Å². The van der Waals surface area contributed by atoms with Crippen LogP contribution in [0.2, 0.25) is 0 Å². The molecule has 5 nitrogen and oxygen atoms in total. The van der Waals surface area contributed by atoms with E-state index in [1.165, 1.54) is 18.4 Å². The molecule has 0 saturated carbocycles. The Morgan fingerprint density at radius 3 is 2.63 bits per heavy atom. The van der Waals surface area contributed by atoms with Gasteiger partial charge in [0.15, 0.2) is 5.11 Å². The van der Waals surface area contributed by atoms with Crippen LogP contribution in [-0.4, -0.2) is 30.1 Å². The van der Waals surface area contributed by atoms with Crippen molar-refractivity contribution in [1.82, 2.24) is 10.6 Å². The van der Waals surface area contributed by atoms with Crippen molar-refractivity contribution >= 4 is 29.2 Å². The van der Waals surface area contributed by atoms with Crippen LogP contribution in [0.3, 0.4) is 0 Å². The minimum atomic E-state index is -0.371. The maximum absolute atomic E-state index is 11.9. The predicted molar refractivity (Wildman–Crippen MR) is 110 cm³/mol. The summed E-state index contributed by atoms with van der Waals surface area (Å²) in [6, 6.07) is 9.82. The SMILES string of the molecule is O=C(CCC(=O)OCCc1ccccc1)NC(=S)NCCC1=CCCCC1. The molecule has 27 heavy (non-hydrogen) atoms. The first-order valence-corrected chi connectivity index (χ1v) is 9.99. The average molecular weight is 389 g/mol. The van der Waals surface area contributed by atoms with Gasteiger partial charge in [0.05, 0.1) is 13.0 Å². The van der Waals surface area contributed by atoms with Crippen LogP contribution in [0, 0.1) is 0 Å². The lowest BCUT2D eigenvalue weighted by atomic mass is 9.97. The van der Waals surface area contributed by atoms with Crippen molar-refractivity contribution in [1.29, 1.82) is 0 Å². The largest absolute Gasteiger partial charge is 0.465 e. The summed E-state index contributed by atoms with van der Waals surface area (Å²) in [7, 11) is 0. The molecule has 6 heteroatoms.